The Kier molecular flexibility index (Phi) is 3.57. The van der Waals surface area contributed by atoms with Crippen molar-refractivity contribution in [2.24, 2.45) is 0 Å². The third-order valence-corrected chi connectivity index (χ3v) is 4.33. The summed E-state index contributed by atoms with van der Waals surface area (Å²) in [4.78, 5) is 12.8. The average molecular weight is 279 g/mol. The Balaban J connectivity index is 2.63. The molecule has 1 aromatic carbocycles. The second-order valence-corrected chi connectivity index (χ2v) is 5.27. The molecule has 0 bridgehead atoms. The summed E-state index contributed by atoms with van der Waals surface area (Å²) in [5.41, 5.74) is 8.78. The number of carbonyl (C=O) groups excluding carboxylic acids is 1. The molecule has 0 spiro atoms. The zero-order valence-corrected chi connectivity index (χ0v) is 11.7. The number of anilines is 1. The largest absolute Gasteiger partial charge is 0.465 e. The van der Waals surface area contributed by atoms with Crippen LogP contribution in [0.15, 0.2) is 18.2 Å². The van der Waals surface area contributed by atoms with E-state index < -0.39 is 5.97 Å². The third kappa shape index (κ3) is 2.33. The van der Waals surface area contributed by atoms with Crippen LogP contribution in [0.4, 0.5) is 10.1 Å². The van der Waals surface area contributed by atoms with Crippen molar-refractivity contribution in [3.05, 3.63) is 40.0 Å². The van der Waals surface area contributed by atoms with Gasteiger partial charge in [-0.1, -0.05) is 6.07 Å². The number of hydrogen-bond donors (Lipinski definition) is 1. The molecule has 5 heteroatoms. The molecule has 100 valence electrons. The van der Waals surface area contributed by atoms with E-state index in [1.54, 1.807) is 6.07 Å². The van der Waals surface area contributed by atoms with Crippen LogP contribution in [0.25, 0.3) is 10.4 Å². The van der Waals surface area contributed by atoms with Gasteiger partial charge in [0.2, 0.25) is 0 Å². The minimum atomic E-state index is -0.467. The van der Waals surface area contributed by atoms with Crippen LogP contribution in [0.3, 0.4) is 0 Å². The van der Waals surface area contributed by atoms with Gasteiger partial charge in [0.25, 0.3) is 0 Å². The van der Waals surface area contributed by atoms with Gasteiger partial charge < -0.3 is 10.5 Å². The number of nitrogen functional groups attached to an aromatic ring is 1. The number of thiophene rings is 1. The first-order valence-electron chi connectivity index (χ1n) is 5.69. The fourth-order valence-corrected chi connectivity index (χ4v) is 3.09. The topological polar surface area (TPSA) is 52.3 Å². The Morgan fingerprint density at radius 1 is 1.37 bits per heavy atom. The summed E-state index contributed by atoms with van der Waals surface area (Å²) in [7, 11) is 1.31. The van der Waals surface area contributed by atoms with E-state index in [1.807, 2.05) is 13.8 Å². The fourth-order valence-electron chi connectivity index (χ4n) is 1.87. The SMILES string of the molecule is COC(=O)c1sc(-c2cc(F)ccc2C)c(C)c1N. The van der Waals surface area contributed by atoms with Gasteiger partial charge in [-0.2, -0.15) is 0 Å². The summed E-state index contributed by atoms with van der Waals surface area (Å²) in [5, 5.41) is 0. The Bertz CT molecular complexity index is 649. The average Bonchev–Trinajstić information content (AvgIpc) is 2.69. The third-order valence-electron chi connectivity index (χ3n) is 3.01. The number of halogens is 1. The number of methoxy groups -OCH3 is 1. The molecule has 1 aromatic heterocycles. The second kappa shape index (κ2) is 5.01. The molecule has 19 heavy (non-hydrogen) atoms. The Hall–Kier alpha value is -1.88. The normalized spacial score (nSPS) is 10.5. The number of aryl methyl sites for hydroxylation is 1. The highest BCUT2D eigenvalue weighted by molar-refractivity contribution is 7.18. The van der Waals surface area contributed by atoms with Crippen molar-refractivity contribution in [1.29, 1.82) is 0 Å². The number of esters is 1. The number of nitrogens with two attached hydrogens (primary N) is 1. The monoisotopic (exact) mass is 279 g/mol. The molecule has 2 N–H and O–H groups in total. The van der Waals surface area contributed by atoms with Gasteiger partial charge in [-0.05, 0) is 42.7 Å². The summed E-state index contributed by atoms with van der Waals surface area (Å²) < 4.78 is 18.1. The van der Waals surface area contributed by atoms with E-state index in [0.717, 1.165) is 21.6 Å². The highest BCUT2D eigenvalue weighted by Gasteiger charge is 2.20. The predicted octanol–water partition coefficient (Wildman–Crippen LogP) is 3.54. The minimum absolute atomic E-state index is 0.313. The first-order valence-corrected chi connectivity index (χ1v) is 6.51. The molecule has 0 amide bonds. The Morgan fingerprint density at radius 2 is 2.05 bits per heavy atom. The molecule has 0 atom stereocenters. The van der Waals surface area contributed by atoms with E-state index in [1.165, 1.54) is 30.6 Å². The molecule has 0 saturated carbocycles. The van der Waals surface area contributed by atoms with Gasteiger partial charge in [0.15, 0.2) is 0 Å². The molecule has 1 heterocycles. The molecular weight excluding hydrogens is 265 g/mol. The molecule has 0 radical (unpaired) electrons. The van der Waals surface area contributed by atoms with E-state index in [2.05, 4.69) is 0 Å². The maximum atomic E-state index is 13.4. The summed E-state index contributed by atoms with van der Waals surface area (Å²) in [6.07, 6.45) is 0. The van der Waals surface area contributed by atoms with E-state index in [9.17, 15) is 9.18 Å². The molecule has 0 aliphatic carbocycles. The van der Waals surface area contributed by atoms with Gasteiger partial charge in [-0.3, -0.25) is 0 Å². The highest BCUT2D eigenvalue weighted by atomic mass is 32.1. The number of rotatable bonds is 2. The maximum absolute atomic E-state index is 13.4. The molecule has 0 aliphatic rings. The smallest absolute Gasteiger partial charge is 0.350 e. The number of hydrogen-bond acceptors (Lipinski definition) is 4. The zero-order valence-electron chi connectivity index (χ0n) is 10.9. The summed E-state index contributed by atoms with van der Waals surface area (Å²) in [6.45, 7) is 3.71. The van der Waals surface area contributed by atoms with E-state index in [0.29, 0.717) is 10.6 Å². The molecular formula is C14H14FNO2S. The first kappa shape index (κ1) is 13.5. The summed E-state index contributed by atoms with van der Waals surface area (Å²) in [5.74, 6) is -0.780. The highest BCUT2D eigenvalue weighted by Crippen LogP contribution is 2.39. The zero-order chi connectivity index (χ0) is 14.2. The first-order chi connectivity index (χ1) is 8.95. The molecule has 0 aliphatic heterocycles. The van der Waals surface area contributed by atoms with Crippen molar-refractivity contribution in [1.82, 2.24) is 0 Å². The maximum Gasteiger partial charge on any atom is 0.350 e. The molecule has 2 aromatic rings. The van der Waals surface area contributed by atoms with Gasteiger partial charge in [0.05, 0.1) is 12.8 Å². The standard InChI is InChI=1S/C14H14FNO2S/c1-7-4-5-9(15)6-10(7)12-8(2)11(16)13(19-12)14(17)18-3/h4-6H,16H2,1-3H3. The van der Waals surface area contributed by atoms with Crippen LogP contribution >= 0.6 is 11.3 Å². The van der Waals surface area contributed by atoms with Crippen molar-refractivity contribution in [2.75, 3.05) is 12.8 Å². The lowest BCUT2D eigenvalue weighted by atomic mass is 10.0. The van der Waals surface area contributed by atoms with Gasteiger partial charge >= 0.3 is 5.97 Å². The predicted molar refractivity (Wildman–Crippen MR) is 74.9 cm³/mol. The van der Waals surface area contributed by atoms with Crippen LogP contribution < -0.4 is 5.73 Å². The summed E-state index contributed by atoms with van der Waals surface area (Å²) >= 11 is 1.23. The van der Waals surface area contributed by atoms with Gasteiger partial charge in [-0.25, -0.2) is 9.18 Å². The quantitative estimate of drug-likeness (QED) is 0.855. The molecule has 0 fully saturated rings. The van der Waals surface area contributed by atoms with Gasteiger partial charge in [0.1, 0.15) is 10.7 Å². The van der Waals surface area contributed by atoms with Crippen LogP contribution in [0.1, 0.15) is 20.8 Å². The van der Waals surface area contributed by atoms with Crippen molar-refractivity contribution in [3.63, 3.8) is 0 Å². The van der Waals surface area contributed by atoms with Gasteiger partial charge in [0, 0.05) is 4.88 Å². The second-order valence-electron chi connectivity index (χ2n) is 4.25. The lowest BCUT2D eigenvalue weighted by molar-refractivity contribution is 0.0607. The Labute approximate surface area is 114 Å². The van der Waals surface area contributed by atoms with Crippen LogP contribution in [0, 0.1) is 19.7 Å². The van der Waals surface area contributed by atoms with Crippen LogP contribution in [-0.4, -0.2) is 13.1 Å². The molecule has 2 rings (SSSR count). The lowest BCUT2D eigenvalue weighted by Crippen LogP contribution is -2.01. The number of ether oxygens (including phenoxy) is 1. The van der Waals surface area contributed by atoms with Crippen molar-refractivity contribution >= 4 is 23.0 Å². The summed E-state index contributed by atoms with van der Waals surface area (Å²) in [6, 6.07) is 4.57. The molecule has 3 nitrogen and oxygen atoms in total. The Morgan fingerprint density at radius 3 is 2.68 bits per heavy atom. The van der Waals surface area contributed by atoms with E-state index >= 15 is 0 Å². The molecule has 0 unspecified atom stereocenters. The minimum Gasteiger partial charge on any atom is -0.465 e. The number of benzene rings is 1. The fraction of sp³-hybridized carbons (Fsp3) is 0.214. The molecule has 0 saturated heterocycles. The van der Waals surface area contributed by atoms with Crippen molar-refractivity contribution < 1.29 is 13.9 Å². The van der Waals surface area contributed by atoms with Crippen molar-refractivity contribution in [3.8, 4) is 10.4 Å². The van der Waals surface area contributed by atoms with Crippen molar-refractivity contribution in [2.45, 2.75) is 13.8 Å². The van der Waals surface area contributed by atoms with Crippen LogP contribution in [-0.2, 0) is 4.74 Å². The van der Waals surface area contributed by atoms with Gasteiger partial charge in [-0.15, -0.1) is 11.3 Å². The van der Waals surface area contributed by atoms with Crippen LogP contribution in [0.2, 0.25) is 0 Å². The number of carbonyl (C=O) groups is 1. The van der Waals surface area contributed by atoms with Crippen LogP contribution in [0.5, 0.6) is 0 Å². The van der Waals surface area contributed by atoms with E-state index in [4.69, 9.17) is 10.5 Å². The lowest BCUT2D eigenvalue weighted by Gasteiger charge is -2.05. The van der Waals surface area contributed by atoms with E-state index in [-0.39, 0.29) is 5.82 Å².